The first-order valence-electron chi connectivity index (χ1n) is 7.23. The topological polar surface area (TPSA) is 64.2 Å². The lowest BCUT2D eigenvalue weighted by atomic mass is 9.92. The van der Waals surface area contributed by atoms with Gasteiger partial charge in [-0.25, -0.2) is 0 Å². The molecule has 114 valence electrons. The summed E-state index contributed by atoms with van der Waals surface area (Å²) in [5, 5.41) is 4.34. The van der Waals surface area contributed by atoms with Crippen molar-refractivity contribution < 1.29 is 4.79 Å². The first-order valence-corrected chi connectivity index (χ1v) is 7.23. The lowest BCUT2D eigenvalue weighted by molar-refractivity contribution is 0.0688. The fraction of sp³-hybridized carbons (Fsp3) is 0.733. The van der Waals surface area contributed by atoms with Gasteiger partial charge in [-0.1, -0.05) is 20.8 Å². The Labute approximate surface area is 122 Å². The van der Waals surface area contributed by atoms with Crippen LogP contribution in [-0.4, -0.2) is 40.2 Å². The van der Waals surface area contributed by atoms with Crippen LogP contribution in [-0.2, 0) is 7.05 Å². The van der Waals surface area contributed by atoms with E-state index in [1.807, 2.05) is 25.8 Å². The van der Waals surface area contributed by atoms with Crippen molar-refractivity contribution in [3.63, 3.8) is 0 Å². The summed E-state index contributed by atoms with van der Waals surface area (Å²) >= 11 is 0. The van der Waals surface area contributed by atoms with Gasteiger partial charge in [-0.2, -0.15) is 5.10 Å². The van der Waals surface area contributed by atoms with Crippen LogP contribution in [0.1, 0.15) is 48.9 Å². The summed E-state index contributed by atoms with van der Waals surface area (Å²) in [6.07, 6.45) is 0.935. The molecule has 5 nitrogen and oxygen atoms in total. The molecule has 0 atom stereocenters. The molecule has 0 aliphatic heterocycles. The molecule has 0 aliphatic carbocycles. The van der Waals surface area contributed by atoms with Gasteiger partial charge in [-0.05, 0) is 32.2 Å². The maximum atomic E-state index is 12.8. The minimum absolute atomic E-state index is 0.0662. The van der Waals surface area contributed by atoms with Crippen LogP contribution in [0.25, 0.3) is 0 Å². The van der Waals surface area contributed by atoms with Crippen LogP contribution in [0, 0.1) is 19.3 Å². The number of carbonyl (C=O) groups excluding carboxylic acids is 1. The Balaban J connectivity index is 3.05. The lowest BCUT2D eigenvalue weighted by Gasteiger charge is -2.31. The van der Waals surface area contributed by atoms with E-state index >= 15 is 0 Å². The highest BCUT2D eigenvalue weighted by Crippen LogP contribution is 2.20. The third-order valence-electron chi connectivity index (χ3n) is 3.68. The van der Waals surface area contributed by atoms with E-state index in [4.69, 9.17) is 5.73 Å². The summed E-state index contributed by atoms with van der Waals surface area (Å²) in [4.78, 5) is 14.7. The van der Waals surface area contributed by atoms with Crippen molar-refractivity contribution in [1.29, 1.82) is 0 Å². The van der Waals surface area contributed by atoms with Gasteiger partial charge in [0, 0.05) is 25.8 Å². The first-order chi connectivity index (χ1) is 9.23. The molecule has 5 heteroatoms. The SMILES string of the molecule is CCCN(CC(C)(C)CN)C(=O)c1c(C)nn(C)c1C. The summed E-state index contributed by atoms with van der Waals surface area (Å²) in [6.45, 7) is 12.1. The summed E-state index contributed by atoms with van der Waals surface area (Å²) in [7, 11) is 1.87. The zero-order valence-corrected chi connectivity index (χ0v) is 13.7. The van der Waals surface area contributed by atoms with Gasteiger partial charge >= 0.3 is 0 Å². The van der Waals surface area contributed by atoms with E-state index < -0.39 is 0 Å². The molecular weight excluding hydrogens is 252 g/mol. The zero-order chi connectivity index (χ0) is 15.5. The van der Waals surface area contributed by atoms with Gasteiger partial charge in [0.05, 0.1) is 11.3 Å². The van der Waals surface area contributed by atoms with E-state index in [1.165, 1.54) is 0 Å². The van der Waals surface area contributed by atoms with Gasteiger partial charge in [-0.3, -0.25) is 9.48 Å². The number of hydrogen-bond acceptors (Lipinski definition) is 3. The van der Waals surface area contributed by atoms with Crippen molar-refractivity contribution in [3.05, 3.63) is 17.0 Å². The Bertz CT molecular complexity index is 476. The Kier molecular flexibility index (Phi) is 5.34. The van der Waals surface area contributed by atoms with Gasteiger partial charge in [-0.15, -0.1) is 0 Å². The van der Waals surface area contributed by atoms with Crippen molar-refractivity contribution in [1.82, 2.24) is 14.7 Å². The molecule has 1 aromatic heterocycles. The maximum absolute atomic E-state index is 12.8. The average Bonchev–Trinajstić information content (AvgIpc) is 2.62. The highest BCUT2D eigenvalue weighted by atomic mass is 16.2. The standard InChI is InChI=1S/C15H28N4O/c1-7-8-19(10-15(4,5)9-16)14(20)13-11(2)17-18(6)12(13)3/h7-10,16H2,1-6H3. The predicted molar refractivity (Wildman–Crippen MR) is 81.7 cm³/mol. The quantitative estimate of drug-likeness (QED) is 0.865. The number of nitrogens with zero attached hydrogens (tertiary/aromatic N) is 3. The highest BCUT2D eigenvalue weighted by Gasteiger charge is 2.27. The molecular formula is C15H28N4O. The Morgan fingerprint density at radius 2 is 2.00 bits per heavy atom. The number of aromatic nitrogens is 2. The van der Waals surface area contributed by atoms with Crippen molar-refractivity contribution in [2.45, 2.75) is 41.0 Å². The molecule has 2 N–H and O–H groups in total. The summed E-state index contributed by atoms with van der Waals surface area (Å²) in [6, 6.07) is 0. The molecule has 0 aliphatic rings. The summed E-state index contributed by atoms with van der Waals surface area (Å²) < 4.78 is 1.76. The fourth-order valence-corrected chi connectivity index (χ4v) is 2.34. The number of hydrogen-bond donors (Lipinski definition) is 1. The van der Waals surface area contributed by atoms with Crippen LogP contribution in [0.15, 0.2) is 0 Å². The molecule has 0 saturated carbocycles. The van der Waals surface area contributed by atoms with Crippen molar-refractivity contribution in [2.24, 2.45) is 18.2 Å². The van der Waals surface area contributed by atoms with Gasteiger partial charge in [0.15, 0.2) is 0 Å². The number of aryl methyl sites for hydroxylation is 2. The molecule has 1 amide bonds. The van der Waals surface area contributed by atoms with E-state index in [0.29, 0.717) is 13.1 Å². The minimum atomic E-state index is -0.0746. The molecule has 0 bridgehead atoms. The van der Waals surface area contributed by atoms with Gasteiger partial charge in [0.2, 0.25) is 0 Å². The first kappa shape index (κ1) is 16.7. The van der Waals surface area contributed by atoms with Crippen LogP contribution < -0.4 is 5.73 Å². The van der Waals surface area contributed by atoms with Crippen LogP contribution in [0.3, 0.4) is 0 Å². The van der Waals surface area contributed by atoms with Crippen LogP contribution >= 0.6 is 0 Å². The monoisotopic (exact) mass is 280 g/mol. The molecule has 0 unspecified atom stereocenters. The Morgan fingerprint density at radius 1 is 1.40 bits per heavy atom. The van der Waals surface area contributed by atoms with Crippen molar-refractivity contribution in [3.8, 4) is 0 Å². The molecule has 0 saturated heterocycles. The van der Waals surface area contributed by atoms with E-state index in [-0.39, 0.29) is 11.3 Å². The second-order valence-electron chi connectivity index (χ2n) is 6.26. The molecule has 0 fully saturated rings. The van der Waals surface area contributed by atoms with E-state index in [2.05, 4.69) is 25.9 Å². The normalized spacial score (nSPS) is 11.8. The number of rotatable bonds is 6. The van der Waals surface area contributed by atoms with Crippen molar-refractivity contribution in [2.75, 3.05) is 19.6 Å². The number of amides is 1. The average molecular weight is 280 g/mol. The van der Waals surface area contributed by atoms with Gasteiger partial charge < -0.3 is 10.6 Å². The number of carbonyl (C=O) groups is 1. The van der Waals surface area contributed by atoms with E-state index in [9.17, 15) is 4.79 Å². The van der Waals surface area contributed by atoms with E-state index in [1.54, 1.807) is 4.68 Å². The van der Waals surface area contributed by atoms with Gasteiger partial charge in [0.25, 0.3) is 5.91 Å². The predicted octanol–water partition coefficient (Wildman–Crippen LogP) is 1.87. The zero-order valence-electron chi connectivity index (χ0n) is 13.7. The van der Waals surface area contributed by atoms with Gasteiger partial charge in [0.1, 0.15) is 0 Å². The smallest absolute Gasteiger partial charge is 0.257 e. The summed E-state index contributed by atoms with van der Waals surface area (Å²) in [5.74, 6) is 0.0662. The Morgan fingerprint density at radius 3 is 2.40 bits per heavy atom. The fourth-order valence-electron chi connectivity index (χ4n) is 2.34. The summed E-state index contributed by atoms with van der Waals surface area (Å²) in [5.41, 5.74) is 8.16. The van der Waals surface area contributed by atoms with Crippen LogP contribution in [0.5, 0.6) is 0 Å². The minimum Gasteiger partial charge on any atom is -0.338 e. The van der Waals surface area contributed by atoms with Crippen LogP contribution in [0.2, 0.25) is 0 Å². The van der Waals surface area contributed by atoms with Crippen LogP contribution in [0.4, 0.5) is 0 Å². The number of nitrogens with two attached hydrogens (primary N) is 1. The Hall–Kier alpha value is -1.36. The molecule has 0 spiro atoms. The third-order valence-corrected chi connectivity index (χ3v) is 3.68. The highest BCUT2D eigenvalue weighted by molar-refractivity contribution is 5.96. The molecule has 20 heavy (non-hydrogen) atoms. The largest absolute Gasteiger partial charge is 0.338 e. The second kappa shape index (κ2) is 6.39. The van der Waals surface area contributed by atoms with Crippen molar-refractivity contribution >= 4 is 5.91 Å². The molecule has 1 aromatic rings. The third kappa shape index (κ3) is 3.60. The molecule has 1 heterocycles. The lowest BCUT2D eigenvalue weighted by Crippen LogP contribution is -2.42. The second-order valence-corrected chi connectivity index (χ2v) is 6.26. The molecule has 1 rings (SSSR count). The molecule has 0 radical (unpaired) electrons. The van der Waals surface area contributed by atoms with E-state index in [0.717, 1.165) is 29.9 Å². The maximum Gasteiger partial charge on any atom is 0.257 e. The molecule has 0 aromatic carbocycles.